The molecule has 56 valence electrons. The molecule has 1 aromatic rings. The van der Waals surface area contributed by atoms with Gasteiger partial charge in [-0.2, -0.15) is 0 Å². The van der Waals surface area contributed by atoms with Crippen LogP contribution in [0.1, 0.15) is 10.4 Å². The zero-order chi connectivity index (χ0) is 8.27. The van der Waals surface area contributed by atoms with Gasteiger partial charge < -0.3 is 5.11 Å². The highest BCUT2D eigenvalue weighted by Crippen LogP contribution is 1.95. The molecule has 1 N–H and O–H groups in total. The van der Waals surface area contributed by atoms with Crippen LogP contribution in [-0.4, -0.2) is 18.4 Å². The summed E-state index contributed by atoms with van der Waals surface area (Å²) < 4.78 is 0. The van der Waals surface area contributed by atoms with Crippen molar-refractivity contribution in [2.75, 3.05) is 0 Å². The molecule has 0 heterocycles. The molecule has 0 atom stereocenters. The zero-order valence-electron chi connectivity index (χ0n) is 6.37. The molecule has 0 bridgehead atoms. The van der Waals surface area contributed by atoms with Crippen LogP contribution >= 0.6 is 0 Å². The normalized spacial score (nSPS) is 9.18. The summed E-state index contributed by atoms with van der Waals surface area (Å²) in [6.07, 6.45) is 0. The molecule has 1 aromatic carbocycles. The first-order valence-electron chi connectivity index (χ1n) is 3.56. The predicted octanol–water partition coefficient (Wildman–Crippen LogP) is 0.495. The fraction of sp³-hybridized carbons (Fsp3) is 0.125. The molecular formula is C8H9BO2. The van der Waals surface area contributed by atoms with Crippen LogP contribution in [0.15, 0.2) is 24.3 Å². The maximum atomic E-state index is 10.5. The number of rotatable bonds is 2. The number of aromatic carboxylic acids is 1. The minimum Gasteiger partial charge on any atom is -0.478 e. The van der Waals surface area contributed by atoms with Crippen molar-refractivity contribution in [3.8, 4) is 0 Å². The van der Waals surface area contributed by atoms with E-state index in [0.29, 0.717) is 5.56 Å². The van der Waals surface area contributed by atoms with E-state index in [-0.39, 0.29) is 0 Å². The van der Waals surface area contributed by atoms with E-state index < -0.39 is 5.97 Å². The molecule has 1 rings (SSSR count). The molecule has 0 saturated carbocycles. The molecule has 0 radical (unpaired) electrons. The number of carboxylic acid groups (broad SMARTS) is 1. The summed E-state index contributed by atoms with van der Waals surface area (Å²) in [6, 6.07) is 6.98. The molecule has 0 aliphatic rings. The van der Waals surface area contributed by atoms with Gasteiger partial charge in [0, 0.05) is 0 Å². The van der Waals surface area contributed by atoms with Crippen LogP contribution in [-0.2, 0) is 0 Å². The molecule has 0 amide bonds. The fourth-order valence-electron chi connectivity index (χ4n) is 0.924. The first-order valence-corrected chi connectivity index (χ1v) is 3.56. The molecule has 11 heavy (non-hydrogen) atoms. The zero-order valence-corrected chi connectivity index (χ0v) is 6.37. The quantitative estimate of drug-likeness (QED) is 0.619. The Kier molecular flexibility index (Phi) is 2.31. The molecule has 0 saturated heterocycles. The van der Waals surface area contributed by atoms with Gasteiger partial charge in [-0.3, -0.25) is 0 Å². The van der Waals surface area contributed by atoms with Crippen LogP contribution in [0.3, 0.4) is 0 Å². The molecule has 0 spiro atoms. The maximum absolute atomic E-state index is 10.5. The van der Waals surface area contributed by atoms with Crippen molar-refractivity contribution in [1.82, 2.24) is 0 Å². The third kappa shape index (κ3) is 1.83. The van der Waals surface area contributed by atoms with Gasteiger partial charge in [0.15, 0.2) is 7.28 Å². The van der Waals surface area contributed by atoms with Crippen molar-refractivity contribution in [3.63, 3.8) is 0 Å². The van der Waals surface area contributed by atoms with E-state index in [0.717, 1.165) is 12.7 Å². The van der Waals surface area contributed by atoms with Crippen molar-refractivity contribution in [1.29, 1.82) is 0 Å². The first kappa shape index (κ1) is 7.86. The molecular weight excluding hydrogens is 139 g/mol. The van der Waals surface area contributed by atoms with Gasteiger partial charge in [-0.05, 0) is 6.07 Å². The van der Waals surface area contributed by atoms with E-state index >= 15 is 0 Å². The monoisotopic (exact) mass is 148 g/mol. The Morgan fingerprint density at radius 2 is 2.27 bits per heavy atom. The standard InChI is InChI=1S/C8H9BO2/c1-9-7-4-2-3-6(5-7)8(10)11/h2-5,9H,1H3,(H,10,11). The molecule has 2 nitrogen and oxygen atoms in total. The minimum atomic E-state index is -0.861. The van der Waals surface area contributed by atoms with E-state index in [1.165, 1.54) is 0 Å². The highest BCUT2D eigenvalue weighted by molar-refractivity contribution is 6.52. The van der Waals surface area contributed by atoms with Gasteiger partial charge in [0.05, 0.1) is 5.56 Å². The lowest BCUT2D eigenvalue weighted by Crippen LogP contribution is -2.12. The fourth-order valence-corrected chi connectivity index (χ4v) is 0.924. The lowest BCUT2D eigenvalue weighted by Gasteiger charge is -1.96. The summed E-state index contributed by atoms with van der Waals surface area (Å²) in [5.74, 6) is -0.861. The third-order valence-electron chi connectivity index (χ3n) is 1.58. The summed E-state index contributed by atoms with van der Waals surface area (Å²) in [7, 11) is 0.876. The van der Waals surface area contributed by atoms with Crippen LogP contribution < -0.4 is 5.46 Å². The second kappa shape index (κ2) is 3.24. The summed E-state index contributed by atoms with van der Waals surface area (Å²) in [6.45, 7) is 2.00. The lowest BCUT2D eigenvalue weighted by molar-refractivity contribution is 0.0697. The van der Waals surface area contributed by atoms with Crippen LogP contribution in [0.2, 0.25) is 6.82 Å². The van der Waals surface area contributed by atoms with Gasteiger partial charge >= 0.3 is 5.97 Å². The van der Waals surface area contributed by atoms with Gasteiger partial charge in [-0.15, -0.1) is 0 Å². The highest BCUT2D eigenvalue weighted by Gasteiger charge is 2.01. The minimum absolute atomic E-state index is 0.365. The van der Waals surface area contributed by atoms with Crippen LogP contribution in [0.5, 0.6) is 0 Å². The molecule has 3 heteroatoms. The van der Waals surface area contributed by atoms with Crippen molar-refractivity contribution < 1.29 is 9.90 Å². The molecule has 0 unspecified atom stereocenters. The molecule has 0 aliphatic carbocycles. The van der Waals surface area contributed by atoms with E-state index in [4.69, 9.17) is 5.11 Å². The average Bonchev–Trinajstić information content (AvgIpc) is 2.05. The van der Waals surface area contributed by atoms with E-state index in [1.807, 2.05) is 12.9 Å². The topological polar surface area (TPSA) is 37.3 Å². The molecule has 0 fully saturated rings. The Balaban J connectivity index is 3.01. The maximum Gasteiger partial charge on any atom is 0.335 e. The van der Waals surface area contributed by atoms with Crippen molar-refractivity contribution in [2.24, 2.45) is 0 Å². The summed E-state index contributed by atoms with van der Waals surface area (Å²) in [5.41, 5.74) is 1.43. The van der Waals surface area contributed by atoms with Gasteiger partial charge in [0.1, 0.15) is 0 Å². The van der Waals surface area contributed by atoms with Gasteiger partial charge in [-0.1, -0.05) is 30.5 Å². The number of carboxylic acids is 1. The third-order valence-corrected chi connectivity index (χ3v) is 1.58. The second-order valence-corrected chi connectivity index (χ2v) is 2.36. The number of hydrogen-bond donors (Lipinski definition) is 1. The molecule has 0 aromatic heterocycles. The second-order valence-electron chi connectivity index (χ2n) is 2.36. The molecule has 0 aliphatic heterocycles. The summed E-state index contributed by atoms with van der Waals surface area (Å²) in [4.78, 5) is 10.5. The van der Waals surface area contributed by atoms with Gasteiger partial charge in [-0.25, -0.2) is 4.79 Å². The van der Waals surface area contributed by atoms with Crippen molar-refractivity contribution >= 4 is 18.7 Å². The lowest BCUT2D eigenvalue weighted by atomic mass is 9.73. The summed E-state index contributed by atoms with van der Waals surface area (Å²) in [5, 5.41) is 8.60. The predicted molar refractivity (Wildman–Crippen MR) is 46.0 cm³/mol. The Morgan fingerprint density at radius 3 is 2.82 bits per heavy atom. The van der Waals surface area contributed by atoms with Gasteiger partial charge in [0.2, 0.25) is 0 Å². The number of hydrogen-bond acceptors (Lipinski definition) is 1. The Morgan fingerprint density at radius 1 is 1.55 bits per heavy atom. The number of carbonyl (C=O) groups is 1. The van der Waals surface area contributed by atoms with Crippen LogP contribution in [0.4, 0.5) is 0 Å². The van der Waals surface area contributed by atoms with Crippen molar-refractivity contribution in [2.45, 2.75) is 6.82 Å². The van der Waals surface area contributed by atoms with Gasteiger partial charge in [0.25, 0.3) is 0 Å². The highest BCUT2D eigenvalue weighted by atomic mass is 16.4. The van der Waals surface area contributed by atoms with E-state index in [9.17, 15) is 4.79 Å². The largest absolute Gasteiger partial charge is 0.478 e. The van der Waals surface area contributed by atoms with Crippen LogP contribution in [0.25, 0.3) is 0 Å². The van der Waals surface area contributed by atoms with Crippen LogP contribution in [0, 0.1) is 0 Å². The Hall–Kier alpha value is -1.25. The summed E-state index contributed by atoms with van der Waals surface area (Å²) >= 11 is 0. The Bertz CT molecular complexity index is 271. The SMILES string of the molecule is CBc1cccc(C(=O)O)c1. The first-order chi connectivity index (χ1) is 5.24. The van der Waals surface area contributed by atoms with Crippen molar-refractivity contribution in [3.05, 3.63) is 29.8 Å². The van der Waals surface area contributed by atoms with E-state index in [1.54, 1.807) is 18.2 Å². The van der Waals surface area contributed by atoms with E-state index in [2.05, 4.69) is 0 Å². The average molecular weight is 148 g/mol. The Labute approximate surface area is 66.1 Å². The number of benzene rings is 1. The smallest absolute Gasteiger partial charge is 0.335 e.